The molecule has 0 spiro atoms. The summed E-state index contributed by atoms with van der Waals surface area (Å²) in [6.45, 7) is 3.92. The van der Waals surface area contributed by atoms with E-state index in [4.69, 9.17) is 17.2 Å². The molecule has 0 aliphatic carbocycles. The highest BCUT2D eigenvalue weighted by atomic mass is 32.1. The van der Waals surface area contributed by atoms with E-state index in [-0.39, 0.29) is 0 Å². The molecule has 1 atom stereocenters. The van der Waals surface area contributed by atoms with Crippen LogP contribution in [-0.4, -0.2) is 60.2 Å². The average molecular weight is 349 g/mol. The second kappa shape index (κ2) is 7.55. The van der Waals surface area contributed by atoms with Gasteiger partial charge in [-0.25, -0.2) is 4.98 Å². The smallest absolute Gasteiger partial charge is 0.168 e. The van der Waals surface area contributed by atoms with Crippen molar-refractivity contribution in [1.29, 1.82) is 0 Å². The summed E-state index contributed by atoms with van der Waals surface area (Å²) in [5.74, 6) is 0.495. The molecule has 0 unspecified atom stereocenters. The number of likely N-dealkylation sites (N-methyl/N-ethyl adjacent to an activating group) is 1. The van der Waals surface area contributed by atoms with E-state index in [1.54, 1.807) is 0 Å². The normalized spacial score (nSPS) is 18.6. The molecular weight excluding hydrogens is 324 g/mol. The van der Waals surface area contributed by atoms with E-state index in [2.05, 4.69) is 53.5 Å². The molecule has 23 heavy (non-hydrogen) atoms. The van der Waals surface area contributed by atoms with Gasteiger partial charge in [-0.2, -0.15) is 0 Å². The van der Waals surface area contributed by atoms with Crippen LogP contribution in [0.4, 0.5) is 0 Å². The standard InChI is InChI=1S/C17H24N4S2/c1-20(2)11-9-18-17(22)21-10-5-6-13(12-21)16-19-14-7-3-4-8-15(14)23-16/h3-4,7-8,13H,5-6,9-12H2,1-2H3,(H,18,22)/t13-/m1/s1. The summed E-state index contributed by atoms with van der Waals surface area (Å²) in [5.41, 5.74) is 1.12. The van der Waals surface area contributed by atoms with Crippen LogP contribution in [0.25, 0.3) is 10.2 Å². The highest BCUT2D eigenvalue weighted by molar-refractivity contribution is 7.80. The van der Waals surface area contributed by atoms with Gasteiger partial charge in [-0.05, 0) is 51.3 Å². The van der Waals surface area contributed by atoms with Gasteiger partial charge in [-0.1, -0.05) is 12.1 Å². The van der Waals surface area contributed by atoms with Crippen molar-refractivity contribution >= 4 is 38.9 Å². The summed E-state index contributed by atoms with van der Waals surface area (Å²) in [6, 6.07) is 8.40. The van der Waals surface area contributed by atoms with Gasteiger partial charge < -0.3 is 15.1 Å². The van der Waals surface area contributed by atoms with Crippen LogP contribution in [0.2, 0.25) is 0 Å². The fraction of sp³-hybridized carbons (Fsp3) is 0.529. The SMILES string of the molecule is CN(C)CCNC(=S)N1CCC[C@@H](c2nc3ccccc3s2)C1. The molecule has 1 fully saturated rings. The lowest BCUT2D eigenvalue weighted by Gasteiger charge is -2.34. The van der Waals surface area contributed by atoms with Gasteiger partial charge in [0, 0.05) is 32.1 Å². The van der Waals surface area contributed by atoms with Gasteiger partial charge in [0.15, 0.2) is 5.11 Å². The third-order valence-electron chi connectivity index (χ3n) is 4.20. The summed E-state index contributed by atoms with van der Waals surface area (Å²) in [5, 5.41) is 5.52. The van der Waals surface area contributed by atoms with Gasteiger partial charge in [0.2, 0.25) is 0 Å². The van der Waals surface area contributed by atoms with Crippen LogP contribution in [0.5, 0.6) is 0 Å². The topological polar surface area (TPSA) is 31.4 Å². The van der Waals surface area contributed by atoms with Crippen molar-refractivity contribution in [3.63, 3.8) is 0 Å². The number of nitrogens with one attached hydrogen (secondary N) is 1. The van der Waals surface area contributed by atoms with Crippen LogP contribution in [0.15, 0.2) is 24.3 Å². The van der Waals surface area contributed by atoms with Gasteiger partial charge in [0.1, 0.15) is 0 Å². The lowest BCUT2D eigenvalue weighted by molar-refractivity contribution is 0.303. The van der Waals surface area contributed by atoms with Crippen LogP contribution in [-0.2, 0) is 0 Å². The summed E-state index contributed by atoms with van der Waals surface area (Å²) in [7, 11) is 4.16. The fourth-order valence-electron chi connectivity index (χ4n) is 2.93. The molecule has 3 rings (SSSR count). The van der Waals surface area contributed by atoms with E-state index in [0.717, 1.165) is 36.8 Å². The maximum atomic E-state index is 5.57. The van der Waals surface area contributed by atoms with Gasteiger partial charge in [0.25, 0.3) is 0 Å². The van der Waals surface area contributed by atoms with E-state index >= 15 is 0 Å². The summed E-state index contributed by atoms with van der Waals surface area (Å²) in [4.78, 5) is 9.31. The minimum Gasteiger partial charge on any atom is -0.361 e. The first kappa shape index (κ1) is 16.6. The minimum absolute atomic E-state index is 0.495. The van der Waals surface area contributed by atoms with Crippen LogP contribution in [0.1, 0.15) is 23.8 Å². The van der Waals surface area contributed by atoms with Gasteiger partial charge in [-0.15, -0.1) is 11.3 Å². The number of piperidine rings is 1. The number of para-hydroxylation sites is 1. The summed E-state index contributed by atoms with van der Waals surface area (Å²) < 4.78 is 1.28. The molecule has 0 amide bonds. The maximum Gasteiger partial charge on any atom is 0.168 e. The van der Waals surface area contributed by atoms with Crippen molar-refractivity contribution in [3.8, 4) is 0 Å². The molecule has 1 aliphatic heterocycles. The summed E-state index contributed by atoms with van der Waals surface area (Å²) in [6.07, 6.45) is 2.38. The monoisotopic (exact) mass is 348 g/mol. The van der Waals surface area contributed by atoms with E-state index in [1.165, 1.54) is 22.5 Å². The quantitative estimate of drug-likeness (QED) is 0.859. The van der Waals surface area contributed by atoms with Crippen molar-refractivity contribution in [2.75, 3.05) is 40.3 Å². The zero-order valence-corrected chi connectivity index (χ0v) is 15.4. The average Bonchev–Trinajstić information content (AvgIpc) is 2.98. The Labute approximate surface area is 147 Å². The number of benzene rings is 1. The largest absolute Gasteiger partial charge is 0.361 e. The van der Waals surface area contributed by atoms with Crippen molar-refractivity contribution in [1.82, 2.24) is 20.1 Å². The number of thiocarbonyl (C=S) groups is 1. The van der Waals surface area contributed by atoms with Crippen molar-refractivity contribution in [2.45, 2.75) is 18.8 Å². The third-order valence-corrected chi connectivity index (χ3v) is 5.80. The molecule has 2 aromatic rings. The highest BCUT2D eigenvalue weighted by Gasteiger charge is 2.25. The first-order valence-electron chi connectivity index (χ1n) is 8.16. The van der Waals surface area contributed by atoms with Crippen molar-refractivity contribution in [2.24, 2.45) is 0 Å². The highest BCUT2D eigenvalue weighted by Crippen LogP contribution is 2.32. The predicted molar refractivity (Wildman–Crippen MR) is 102 cm³/mol. The Balaban J connectivity index is 1.62. The Kier molecular flexibility index (Phi) is 5.46. The number of thiazole rings is 1. The van der Waals surface area contributed by atoms with Gasteiger partial charge in [0.05, 0.1) is 15.2 Å². The zero-order chi connectivity index (χ0) is 16.2. The second-order valence-electron chi connectivity index (χ2n) is 6.34. The first-order valence-corrected chi connectivity index (χ1v) is 9.39. The molecule has 4 nitrogen and oxygen atoms in total. The Morgan fingerprint density at radius 2 is 2.26 bits per heavy atom. The van der Waals surface area contributed by atoms with Crippen molar-refractivity contribution in [3.05, 3.63) is 29.3 Å². The van der Waals surface area contributed by atoms with E-state index < -0.39 is 0 Å². The number of aromatic nitrogens is 1. The molecule has 6 heteroatoms. The second-order valence-corrected chi connectivity index (χ2v) is 7.79. The van der Waals surface area contributed by atoms with Crippen LogP contribution in [0.3, 0.4) is 0 Å². The molecule has 1 aliphatic rings. The molecule has 1 saturated heterocycles. The lowest BCUT2D eigenvalue weighted by atomic mass is 9.99. The molecule has 0 saturated carbocycles. The molecule has 0 bridgehead atoms. The van der Waals surface area contributed by atoms with E-state index in [9.17, 15) is 0 Å². The number of hydrogen-bond acceptors (Lipinski definition) is 4. The molecule has 1 aromatic heterocycles. The Hall–Kier alpha value is -1.24. The van der Waals surface area contributed by atoms with Gasteiger partial charge in [-0.3, -0.25) is 0 Å². The van der Waals surface area contributed by atoms with Crippen molar-refractivity contribution < 1.29 is 0 Å². The zero-order valence-electron chi connectivity index (χ0n) is 13.8. The number of likely N-dealkylation sites (tertiary alicyclic amines) is 1. The number of rotatable bonds is 4. The molecular formula is C17H24N4S2. The Bertz CT molecular complexity index is 634. The Morgan fingerprint density at radius 3 is 3.04 bits per heavy atom. The molecule has 2 heterocycles. The van der Waals surface area contributed by atoms with Gasteiger partial charge >= 0.3 is 0 Å². The Morgan fingerprint density at radius 1 is 1.43 bits per heavy atom. The number of fused-ring (bicyclic) bond motifs is 1. The predicted octanol–water partition coefficient (Wildman–Crippen LogP) is 2.91. The molecule has 1 N–H and O–H groups in total. The first-order chi connectivity index (χ1) is 11.1. The maximum absolute atomic E-state index is 5.57. The van der Waals surface area contributed by atoms with E-state index in [1.807, 2.05) is 11.3 Å². The fourth-order valence-corrected chi connectivity index (χ4v) is 4.29. The number of nitrogens with zero attached hydrogens (tertiary/aromatic N) is 3. The molecule has 0 radical (unpaired) electrons. The van der Waals surface area contributed by atoms with Crippen LogP contribution < -0.4 is 5.32 Å². The van der Waals surface area contributed by atoms with Crippen LogP contribution >= 0.6 is 23.6 Å². The molecule has 124 valence electrons. The van der Waals surface area contributed by atoms with E-state index in [0.29, 0.717) is 5.92 Å². The number of hydrogen-bond donors (Lipinski definition) is 1. The minimum atomic E-state index is 0.495. The molecule has 1 aromatic carbocycles. The summed E-state index contributed by atoms with van der Waals surface area (Å²) >= 11 is 7.40. The lowest BCUT2D eigenvalue weighted by Crippen LogP contribution is -2.46. The van der Waals surface area contributed by atoms with Crippen LogP contribution in [0, 0.1) is 0 Å². The third kappa shape index (κ3) is 4.19.